The highest BCUT2D eigenvalue weighted by atomic mass is 19.4. The molecule has 1 rings (SSSR count). The van der Waals surface area contributed by atoms with Crippen LogP contribution in [0.2, 0.25) is 0 Å². The van der Waals surface area contributed by atoms with Crippen molar-refractivity contribution in [3.05, 3.63) is 17.5 Å². The van der Waals surface area contributed by atoms with E-state index >= 15 is 0 Å². The highest BCUT2D eigenvalue weighted by Crippen LogP contribution is 2.43. The Morgan fingerprint density at radius 3 is 2.44 bits per heavy atom. The molecule has 1 aromatic heterocycles. The summed E-state index contributed by atoms with van der Waals surface area (Å²) in [5.74, 6) is -1.03. The highest BCUT2D eigenvalue weighted by molar-refractivity contribution is 5.90. The summed E-state index contributed by atoms with van der Waals surface area (Å²) in [6.07, 6.45) is -4.29. The molecule has 102 valence electrons. The van der Waals surface area contributed by atoms with Gasteiger partial charge in [0.15, 0.2) is 0 Å². The van der Waals surface area contributed by atoms with Crippen LogP contribution >= 0.6 is 0 Å². The maximum atomic E-state index is 13.9. The summed E-state index contributed by atoms with van der Waals surface area (Å²) in [6, 6.07) is 0. The summed E-state index contributed by atoms with van der Waals surface area (Å²) < 4.78 is 57.0. The fourth-order valence-electron chi connectivity index (χ4n) is 1.49. The molecule has 0 N–H and O–H groups in total. The van der Waals surface area contributed by atoms with Crippen LogP contribution in [0.5, 0.6) is 0 Å². The monoisotopic (exact) mass is 268 g/mol. The number of halogens is 4. The van der Waals surface area contributed by atoms with Gasteiger partial charge in [0.1, 0.15) is 5.56 Å². The zero-order chi connectivity index (χ0) is 14.1. The van der Waals surface area contributed by atoms with E-state index in [1.165, 1.54) is 6.92 Å². The number of carbonyl (C=O) groups is 1. The van der Waals surface area contributed by atoms with Crippen molar-refractivity contribution >= 4 is 5.97 Å². The maximum absolute atomic E-state index is 13.9. The topological polar surface area (TPSA) is 44.1 Å². The fourth-order valence-corrected chi connectivity index (χ4v) is 1.49. The van der Waals surface area contributed by atoms with Gasteiger partial charge in [-0.25, -0.2) is 9.18 Å². The first-order chi connectivity index (χ1) is 8.13. The largest absolute Gasteiger partial charge is 0.462 e. The predicted octanol–water partition coefficient (Wildman–Crippen LogP) is 2.34. The number of esters is 1. The van der Waals surface area contributed by atoms with Crippen molar-refractivity contribution in [2.75, 3.05) is 6.61 Å². The van der Waals surface area contributed by atoms with Crippen LogP contribution in [0.4, 0.5) is 17.6 Å². The Bertz CT molecular complexity index is 451. The molecule has 0 amide bonds. The minimum atomic E-state index is -5.15. The first-order valence-electron chi connectivity index (χ1n) is 5.08. The lowest BCUT2D eigenvalue weighted by Crippen LogP contribution is -2.38. The van der Waals surface area contributed by atoms with E-state index in [-0.39, 0.29) is 6.61 Å². The first kappa shape index (κ1) is 14.5. The van der Waals surface area contributed by atoms with Crippen LogP contribution in [0, 0.1) is 0 Å². The Labute approximate surface area is 101 Å². The number of aryl methyl sites for hydroxylation is 1. The minimum absolute atomic E-state index is 0.0256. The van der Waals surface area contributed by atoms with Crippen LogP contribution in [0.1, 0.15) is 29.9 Å². The van der Waals surface area contributed by atoms with Crippen LogP contribution in [-0.4, -0.2) is 28.5 Å². The molecule has 0 saturated carbocycles. The summed E-state index contributed by atoms with van der Waals surface area (Å²) in [5.41, 5.74) is -5.07. The summed E-state index contributed by atoms with van der Waals surface area (Å²) in [4.78, 5) is 11.4. The number of hydrogen-bond donors (Lipinski definition) is 0. The van der Waals surface area contributed by atoms with Gasteiger partial charge >= 0.3 is 12.1 Å². The SMILES string of the molecule is CCOC(=O)c1cnn(C)c1C(C)(F)C(F)(F)F. The van der Waals surface area contributed by atoms with Crippen molar-refractivity contribution in [3.8, 4) is 0 Å². The molecule has 0 aromatic carbocycles. The molecule has 4 nitrogen and oxygen atoms in total. The smallest absolute Gasteiger partial charge is 0.428 e. The summed E-state index contributed by atoms with van der Waals surface area (Å²) in [7, 11) is 1.13. The van der Waals surface area contributed by atoms with E-state index in [0.717, 1.165) is 13.2 Å². The number of aromatic nitrogens is 2. The van der Waals surface area contributed by atoms with Crippen LogP contribution < -0.4 is 0 Å². The summed E-state index contributed by atoms with van der Waals surface area (Å²) in [6.45, 7) is 1.81. The first-order valence-corrected chi connectivity index (χ1v) is 5.08. The number of carbonyl (C=O) groups excluding carboxylic acids is 1. The number of ether oxygens (including phenoxy) is 1. The molecular weight excluding hydrogens is 256 g/mol. The minimum Gasteiger partial charge on any atom is -0.462 e. The molecule has 0 fully saturated rings. The van der Waals surface area contributed by atoms with Crippen molar-refractivity contribution in [2.45, 2.75) is 25.7 Å². The molecule has 0 aliphatic carbocycles. The second kappa shape index (κ2) is 4.58. The molecular formula is C10H12F4N2O2. The third-order valence-corrected chi connectivity index (χ3v) is 2.41. The summed E-state index contributed by atoms with van der Waals surface area (Å²) in [5, 5.41) is 3.48. The molecule has 0 aliphatic rings. The zero-order valence-corrected chi connectivity index (χ0v) is 10.0. The van der Waals surface area contributed by atoms with Gasteiger partial charge in [-0.3, -0.25) is 4.68 Å². The lowest BCUT2D eigenvalue weighted by molar-refractivity contribution is -0.231. The van der Waals surface area contributed by atoms with Gasteiger partial charge < -0.3 is 4.74 Å². The lowest BCUT2D eigenvalue weighted by Gasteiger charge is -2.24. The van der Waals surface area contributed by atoms with Crippen molar-refractivity contribution in [1.82, 2.24) is 9.78 Å². The molecule has 0 saturated heterocycles. The molecule has 1 unspecified atom stereocenters. The number of rotatable bonds is 3. The standard InChI is InChI=1S/C10H12F4N2O2/c1-4-18-8(17)6-5-15-16(3)7(6)9(2,11)10(12,13)14/h5H,4H2,1-3H3. The molecule has 0 aliphatic heterocycles. The second-order valence-corrected chi connectivity index (χ2v) is 3.75. The van der Waals surface area contributed by atoms with Gasteiger partial charge in [0, 0.05) is 7.05 Å². The van der Waals surface area contributed by atoms with E-state index < -0.39 is 29.1 Å². The third kappa shape index (κ3) is 2.32. The van der Waals surface area contributed by atoms with E-state index in [2.05, 4.69) is 9.84 Å². The molecule has 0 radical (unpaired) electrons. The van der Waals surface area contributed by atoms with Gasteiger partial charge in [-0.2, -0.15) is 18.3 Å². The molecule has 0 bridgehead atoms. The quantitative estimate of drug-likeness (QED) is 0.624. The predicted molar refractivity (Wildman–Crippen MR) is 53.7 cm³/mol. The van der Waals surface area contributed by atoms with Crippen molar-refractivity contribution in [2.24, 2.45) is 7.05 Å². The Hall–Kier alpha value is -1.60. The Kier molecular flexibility index (Phi) is 3.68. The zero-order valence-electron chi connectivity index (χ0n) is 10.0. The van der Waals surface area contributed by atoms with Crippen LogP contribution in [0.25, 0.3) is 0 Å². The average molecular weight is 268 g/mol. The van der Waals surface area contributed by atoms with Crippen molar-refractivity contribution < 1.29 is 27.1 Å². The molecule has 0 spiro atoms. The van der Waals surface area contributed by atoms with E-state index in [4.69, 9.17) is 0 Å². The summed E-state index contributed by atoms with van der Waals surface area (Å²) >= 11 is 0. The van der Waals surface area contributed by atoms with Gasteiger partial charge in [0.05, 0.1) is 18.5 Å². The molecule has 1 aromatic rings. The van der Waals surface area contributed by atoms with Gasteiger partial charge in [-0.05, 0) is 13.8 Å². The van der Waals surface area contributed by atoms with Gasteiger partial charge in [0.2, 0.25) is 5.67 Å². The van der Waals surface area contributed by atoms with Crippen LogP contribution in [0.3, 0.4) is 0 Å². The number of alkyl halides is 4. The lowest BCUT2D eigenvalue weighted by atomic mass is 10.00. The van der Waals surface area contributed by atoms with Gasteiger partial charge in [-0.1, -0.05) is 0 Å². The Morgan fingerprint density at radius 2 is 2.00 bits per heavy atom. The maximum Gasteiger partial charge on any atom is 0.428 e. The molecule has 1 heterocycles. The van der Waals surface area contributed by atoms with Gasteiger partial charge in [0.25, 0.3) is 0 Å². The van der Waals surface area contributed by atoms with Crippen LogP contribution in [0.15, 0.2) is 6.20 Å². The second-order valence-electron chi connectivity index (χ2n) is 3.75. The molecule has 18 heavy (non-hydrogen) atoms. The Morgan fingerprint density at radius 1 is 1.44 bits per heavy atom. The number of hydrogen-bond acceptors (Lipinski definition) is 3. The van der Waals surface area contributed by atoms with E-state index in [1.54, 1.807) is 0 Å². The highest BCUT2D eigenvalue weighted by Gasteiger charge is 2.56. The van der Waals surface area contributed by atoms with Crippen LogP contribution in [-0.2, 0) is 17.5 Å². The van der Waals surface area contributed by atoms with Crippen molar-refractivity contribution in [1.29, 1.82) is 0 Å². The number of nitrogens with zero attached hydrogens (tertiary/aromatic N) is 2. The fraction of sp³-hybridized carbons (Fsp3) is 0.600. The van der Waals surface area contributed by atoms with E-state index in [9.17, 15) is 22.4 Å². The van der Waals surface area contributed by atoms with Gasteiger partial charge in [-0.15, -0.1) is 0 Å². The third-order valence-electron chi connectivity index (χ3n) is 2.41. The Balaban J connectivity index is 3.33. The van der Waals surface area contributed by atoms with Crippen molar-refractivity contribution in [3.63, 3.8) is 0 Å². The molecule has 1 atom stereocenters. The van der Waals surface area contributed by atoms with E-state index in [1.807, 2.05) is 0 Å². The van der Waals surface area contributed by atoms with E-state index in [0.29, 0.717) is 11.6 Å². The molecule has 8 heteroatoms. The average Bonchev–Trinajstić information content (AvgIpc) is 2.59. The normalized spacial score (nSPS) is 15.3.